The molecule has 0 aromatic heterocycles. The fraction of sp³-hybridized carbons (Fsp3) is 0.417. The van der Waals surface area contributed by atoms with E-state index in [0.717, 1.165) is 6.42 Å². The molecule has 1 heterocycles. The Morgan fingerprint density at radius 2 is 2.35 bits per heavy atom. The molecule has 0 saturated carbocycles. The van der Waals surface area contributed by atoms with Gasteiger partial charge in [0.25, 0.3) is 5.91 Å². The van der Waals surface area contributed by atoms with Gasteiger partial charge < -0.3 is 15.4 Å². The maximum Gasteiger partial charge on any atom is 0.257 e. The van der Waals surface area contributed by atoms with Crippen molar-refractivity contribution in [3.05, 3.63) is 28.8 Å². The molecule has 0 radical (unpaired) electrons. The second-order valence-corrected chi connectivity index (χ2v) is 4.54. The Balaban J connectivity index is 2.24. The Kier molecular flexibility index (Phi) is 3.54. The minimum absolute atomic E-state index is 0.109. The summed E-state index contributed by atoms with van der Waals surface area (Å²) in [5.74, 6) is -0.149. The highest BCUT2D eigenvalue weighted by molar-refractivity contribution is 6.34. The first-order valence-electron chi connectivity index (χ1n) is 5.50. The SMILES string of the molecule is CN(C(=O)c1c(N)cccc1Cl)C1CCOC1. The number of nitrogens with two attached hydrogens (primary N) is 1. The van der Waals surface area contributed by atoms with Crippen molar-refractivity contribution >= 4 is 23.2 Å². The molecule has 1 aromatic carbocycles. The van der Waals surface area contributed by atoms with Crippen molar-refractivity contribution in [1.29, 1.82) is 0 Å². The third-order valence-electron chi connectivity index (χ3n) is 3.03. The third kappa shape index (κ3) is 2.37. The molecule has 2 N–H and O–H groups in total. The number of carbonyl (C=O) groups excluding carboxylic acids is 1. The summed E-state index contributed by atoms with van der Waals surface area (Å²) < 4.78 is 5.27. The number of nitrogen functional groups attached to an aromatic ring is 1. The van der Waals surface area contributed by atoms with Crippen molar-refractivity contribution in [3.63, 3.8) is 0 Å². The van der Waals surface area contributed by atoms with E-state index in [1.807, 2.05) is 0 Å². The first-order chi connectivity index (χ1) is 8.11. The molecule has 1 aliphatic heterocycles. The molecule has 1 unspecified atom stereocenters. The van der Waals surface area contributed by atoms with Crippen molar-refractivity contribution < 1.29 is 9.53 Å². The number of rotatable bonds is 2. The van der Waals surface area contributed by atoms with E-state index in [9.17, 15) is 4.79 Å². The van der Waals surface area contributed by atoms with Crippen LogP contribution < -0.4 is 5.73 Å². The van der Waals surface area contributed by atoms with Gasteiger partial charge in [0.2, 0.25) is 0 Å². The molecule has 1 aliphatic rings. The first-order valence-corrected chi connectivity index (χ1v) is 5.88. The van der Waals surface area contributed by atoms with E-state index in [4.69, 9.17) is 22.1 Å². The Bertz CT molecular complexity index is 410. The number of hydrogen-bond donors (Lipinski definition) is 1. The molecule has 0 spiro atoms. The lowest BCUT2D eigenvalue weighted by molar-refractivity contribution is 0.0712. The molecular weight excluding hydrogens is 240 g/mol. The molecule has 5 heteroatoms. The summed E-state index contributed by atoms with van der Waals surface area (Å²) in [6.07, 6.45) is 0.854. The second kappa shape index (κ2) is 4.94. The van der Waals surface area contributed by atoms with Crippen LogP contribution in [0, 0.1) is 0 Å². The largest absolute Gasteiger partial charge is 0.398 e. The summed E-state index contributed by atoms with van der Waals surface area (Å²) in [5, 5.41) is 0.390. The van der Waals surface area contributed by atoms with Gasteiger partial charge in [-0.05, 0) is 18.6 Å². The van der Waals surface area contributed by atoms with Crippen LogP contribution in [0.25, 0.3) is 0 Å². The summed E-state index contributed by atoms with van der Waals surface area (Å²) >= 11 is 6.02. The number of ether oxygens (including phenoxy) is 1. The molecular formula is C12H15ClN2O2. The molecule has 4 nitrogen and oxygen atoms in total. The van der Waals surface area contributed by atoms with Crippen LogP contribution in [-0.2, 0) is 4.74 Å². The predicted octanol–water partition coefficient (Wildman–Crippen LogP) is 1.78. The molecule has 1 atom stereocenters. The fourth-order valence-corrected chi connectivity index (χ4v) is 2.20. The van der Waals surface area contributed by atoms with Gasteiger partial charge in [-0.15, -0.1) is 0 Å². The van der Waals surface area contributed by atoms with Crippen LogP contribution in [0.15, 0.2) is 18.2 Å². The fourth-order valence-electron chi connectivity index (χ4n) is 1.94. The summed E-state index contributed by atoms with van der Waals surface area (Å²) in [4.78, 5) is 13.9. The maximum absolute atomic E-state index is 12.3. The van der Waals surface area contributed by atoms with Gasteiger partial charge in [0, 0.05) is 19.3 Å². The van der Waals surface area contributed by atoms with E-state index < -0.39 is 0 Å². The molecule has 0 bridgehead atoms. The lowest BCUT2D eigenvalue weighted by atomic mass is 10.1. The van der Waals surface area contributed by atoms with Gasteiger partial charge in [-0.2, -0.15) is 0 Å². The normalized spacial score (nSPS) is 19.3. The van der Waals surface area contributed by atoms with Crippen molar-refractivity contribution in [2.24, 2.45) is 0 Å². The van der Waals surface area contributed by atoms with E-state index in [0.29, 0.717) is 29.5 Å². The number of nitrogens with zero attached hydrogens (tertiary/aromatic N) is 1. The molecule has 17 heavy (non-hydrogen) atoms. The lowest BCUT2D eigenvalue weighted by Gasteiger charge is -2.24. The zero-order valence-corrected chi connectivity index (χ0v) is 10.4. The van der Waals surface area contributed by atoms with Crippen LogP contribution in [0.3, 0.4) is 0 Å². The molecule has 1 amide bonds. The Labute approximate surface area is 105 Å². The Morgan fingerprint density at radius 1 is 1.59 bits per heavy atom. The van der Waals surface area contributed by atoms with Crippen molar-refractivity contribution in [2.75, 3.05) is 26.0 Å². The highest BCUT2D eigenvalue weighted by atomic mass is 35.5. The average Bonchev–Trinajstić information content (AvgIpc) is 2.81. The highest BCUT2D eigenvalue weighted by Crippen LogP contribution is 2.25. The monoisotopic (exact) mass is 254 g/mol. The number of benzene rings is 1. The van der Waals surface area contributed by atoms with Crippen molar-refractivity contribution in [2.45, 2.75) is 12.5 Å². The second-order valence-electron chi connectivity index (χ2n) is 4.14. The van der Waals surface area contributed by atoms with Gasteiger partial charge >= 0.3 is 0 Å². The summed E-state index contributed by atoms with van der Waals surface area (Å²) in [5.41, 5.74) is 6.58. The summed E-state index contributed by atoms with van der Waals surface area (Å²) in [7, 11) is 1.75. The van der Waals surface area contributed by atoms with Crippen LogP contribution in [0.5, 0.6) is 0 Å². The van der Waals surface area contributed by atoms with Crippen LogP contribution in [0.4, 0.5) is 5.69 Å². The zero-order chi connectivity index (χ0) is 12.4. The van der Waals surface area contributed by atoms with Gasteiger partial charge in [-0.25, -0.2) is 0 Å². The molecule has 1 aromatic rings. The van der Waals surface area contributed by atoms with Gasteiger partial charge in [-0.3, -0.25) is 4.79 Å². The Hall–Kier alpha value is -1.26. The molecule has 2 rings (SSSR count). The van der Waals surface area contributed by atoms with Gasteiger partial charge in [0.05, 0.1) is 23.2 Å². The summed E-state index contributed by atoms with van der Waals surface area (Å²) in [6, 6.07) is 5.19. The number of halogens is 1. The first kappa shape index (κ1) is 12.2. The number of amides is 1. The average molecular weight is 255 g/mol. The van der Waals surface area contributed by atoms with Crippen LogP contribution in [0.2, 0.25) is 5.02 Å². The van der Waals surface area contributed by atoms with E-state index in [-0.39, 0.29) is 11.9 Å². The quantitative estimate of drug-likeness (QED) is 0.819. The molecule has 1 fully saturated rings. The predicted molar refractivity (Wildman–Crippen MR) is 67.2 cm³/mol. The maximum atomic E-state index is 12.3. The standard InChI is InChI=1S/C12H15ClN2O2/c1-15(8-5-6-17-7-8)12(16)11-9(13)3-2-4-10(11)14/h2-4,8H,5-7,14H2,1H3. The van der Waals surface area contributed by atoms with Crippen LogP contribution >= 0.6 is 11.6 Å². The van der Waals surface area contributed by atoms with Gasteiger partial charge in [-0.1, -0.05) is 17.7 Å². The molecule has 92 valence electrons. The number of likely N-dealkylation sites (N-methyl/N-ethyl adjacent to an activating group) is 1. The smallest absolute Gasteiger partial charge is 0.257 e. The van der Waals surface area contributed by atoms with Gasteiger partial charge in [0.1, 0.15) is 0 Å². The molecule has 1 saturated heterocycles. The highest BCUT2D eigenvalue weighted by Gasteiger charge is 2.27. The minimum Gasteiger partial charge on any atom is -0.398 e. The number of anilines is 1. The Morgan fingerprint density at radius 3 is 2.94 bits per heavy atom. The van der Waals surface area contributed by atoms with Crippen LogP contribution in [-0.4, -0.2) is 37.1 Å². The molecule has 0 aliphatic carbocycles. The van der Waals surface area contributed by atoms with E-state index in [1.165, 1.54) is 0 Å². The van der Waals surface area contributed by atoms with Crippen molar-refractivity contribution in [1.82, 2.24) is 4.90 Å². The third-order valence-corrected chi connectivity index (χ3v) is 3.35. The van der Waals surface area contributed by atoms with E-state index >= 15 is 0 Å². The zero-order valence-electron chi connectivity index (χ0n) is 9.65. The summed E-state index contributed by atoms with van der Waals surface area (Å²) in [6.45, 7) is 1.27. The van der Waals surface area contributed by atoms with E-state index in [1.54, 1.807) is 30.1 Å². The number of hydrogen-bond acceptors (Lipinski definition) is 3. The topological polar surface area (TPSA) is 55.6 Å². The lowest BCUT2D eigenvalue weighted by Crippen LogP contribution is -2.37. The number of carbonyl (C=O) groups is 1. The van der Waals surface area contributed by atoms with Gasteiger partial charge in [0.15, 0.2) is 0 Å². The minimum atomic E-state index is -0.149. The van der Waals surface area contributed by atoms with Crippen molar-refractivity contribution in [3.8, 4) is 0 Å². The van der Waals surface area contributed by atoms with Crippen LogP contribution in [0.1, 0.15) is 16.8 Å². The van der Waals surface area contributed by atoms with E-state index in [2.05, 4.69) is 0 Å².